The highest BCUT2D eigenvalue weighted by Crippen LogP contribution is 2.42. The molecule has 7 heteroatoms. The summed E-state index contributed by atoms with van der Waals surface area (Å²) in [5, 5.41) is 0. The third-order valence-corrected chi connectivity index (χ3v) is 6.91. The Labute approximate surface area is 198 Å². The van der Waals surface area contributed by atoms with Gasteiger partial charge < -0.3 is 9.47 Å². The Morgan fingerprint density at radius 2 is 1.41 bits per heavy atom. The molecule has 0 N–H and O–H groups in total. The number of ether oxygens (including phenoxy) is 2. The Morgan fingerprint density at radius 3 is 1.97 bits per heavy atom. The van der Waals surface area contributed by atoms with Crippen molar-refractivity contribution < 1.29 is 31.4 Å². The molecule has 34 heavy (non-hydrogen) atoms. The average molecular weight is 485 g/mol. The predicted molar refractivity (Wildman–Crippen MR) is 123 cm³/mol. The van der Waals surface area contributed by atoms with E-state index < -0.39 is 41.1 Å². The first-order valence-electron chi connectivity index (χ1n) is 12.1. The highest BCUT2D eigenvalue weighted by atomic mass is 19.3. The minimum atomic E-state index is -3.50. The zero-order valence-corrected chi connectivity index (χ0v) is 19.8. The highest BCUT2D eigenvalue weighted by molar-refractivity contribution is 5.73. The van der Waals surface area contributed by atoms with Gasteiger partial charge in [-0.05, 0) is 35.8 Å². The van der Waals surface area contributed by atoms with Crippen molar-refractivity contribution in [3.05, 3.63) is 47.3 Å². The van der Waals surface area contributed by atoms with Crippen molar-refractivity contribution in [2.45, 2.75) is 77.7 Å². The van der Waals surface area contributed by atoms with Crippen molar-refractivity contribution >= 4 is 0 Å². The van der Waals surface area contributed by atoms with E-state index in [1.54, 1.807) is 24.3 Å². The van der Waals surface area contributed by atoms with Crippen LogP contribution in [-0.4, -0.2) is 13.7 Å². The highest BCUT2D eigenvalue weighted by Gasteiger charge is 2.29. The second kappa shape index (κ2) is 12.4. The number of benzene rings is 2. The summed E-state index contributed by atoms with van der Waals surface area (Å²) in [5.41, 5.74) is 0.772. The summed E-state index contributed by atoms with van der Waals surface area (Å²) in [6, 6.07) is 6.70. The number of alkyl halides is 2. The van der Waals surface area contributed by atoms with Crippen LogP contribution in [0.5, 0.6) is 11.5 Å². The minimum absolute atomic E-state index is 0.184. The summed E-state index contributed by atoms with van der Waals surface area (Å²) in [7, 11) is 1.06. The molecule has 1 aliphatic carbocycles. The molecule has 0 aromatic heterocycles. The molecular weight excluding hydrogens is 451 g/mol. The SMILES string of the molecule is CCCCCC1CCC(CCc2ccc(-c3c(F)c(OC(F)F)c(F)c(F)c3OC)cc2)CC1. The normalized spacial score (nSPS) is 18.4. The first-order valence-corrected chi connectivity index (χ1v) is 12.1. The van der Waals surface area contributed by atoms with Crippen LogP contribution in [-0.2, 0) is 6.42 Å². The van der Waals surface area contributed by atoms with Gasteiger partial charge in [0.1, 0.15) is 0 Å². The quantitative estimate of drug-likeness (QED) is 0.180. The minimum Gasteiger partial charge on any atom is -0.493 e. The van der Waals surface area contributed by atoms with Gasteiger partial charge in [-0.2, -0.15) is 17.6 Å². The largest absolute Gasteiger partial charge is 0.493 e. The van der Waals surface area contributed by atoms with Crippen LogP contribution in [0.4, 0.5) is 22.0 Å². The van der Waals surface area contributed by atoms with Gasteiger partial charge in [-0.3, -0.25) is 0 Å². The molecule has 1 aliphatic rings. The lowest BCUT2D eigenvalue weighted by Crippen LogP contribution is -2.15. The third-order valence-electron chi connectivity index (χ3n) is 6.91. The van der Waals surface area contributed by atoms with E-state index in [9.17, 15) is 22.0 Å². The predicted octanol–water partition coefficient (Wildman–Crippen LogP) is 8.70. The van der Waals surface area contributed by atoms with E-state index in [4.69, 9.17) is 4.74 Å². The second-order valence-electron chi connectivity index (χ2n) is 9.18. The maximum Gasteiger partial charge on any atom is 0.387 e. The first-order chi connectivity index (χ1) is 16.3. The molecule has 0 spiro atoms. The van der Waals surface area contributed by atoms with Crippen LogP contribution in [0.1, 0.15) is 70.3 Å². The number of aryl methyl sites for hydroxylation is 1. The topological polar surface area (TPSA) is 18.5 Å². The lowest BCUT2D eigenvalue weighted by Gasteiger charge is -2.28. The van der Waals surface area contributed by atoms with Crippen molar-refractivity contribution in [1.29, 1.82) is 0 Å². The summed E-state index contributed by atoms with van der Waals surface area (Å²) in [4.78, 5) is 0. The standard InChI is InChI=1S/C27H33F5O2/c1-3-4-5-6-17-7-9-18(10-8-17)11-12-19-13-15-20(16-14-19)21-22(28)26(34-27(31)32)24(30)23(29)25(21)33-2/h13-18,27H,3-12H2,1-2H3. The van der Waals surface area contributed by atoms with Gasteiger partial charge in [-0.15, -0.1) is 0 Å². The van der Waals surface area contributed by atoms with Crippen LogP contribution in [0.25, 0.3) is 11.1 Å². The molecule has 1 fully saturated rings. The van der Waals surface area contributed by atoms with E-state index in [0.29, 0.717) is 5.92 Å². The van der Waals surface area contributed by atoms with Gasteiger partial charge in [0.25, 0.3) is 0 Å². The molecule has 0 heterocycles. The van der Waals surface area contributed by atoms with Crippen molar-refractivity contribution in [2.24, 2.45) is 11.8 Å². The lowest BCUT2D eigenvalue weighted by molar-refractivity contribution is -0.0550. The van der Waals surface area contributed by atoms with Crippen LogP contribution in [0.2, 0.25) is 0 Å². The molecular formula is C27H33F5O2. The lowest BCUT2D eigenvalue weighted by atomic mass is 9.78. The molecule has 188 valence electrons. The van der Waals surface area contributed by atoms with Crippen LogP contribution >= 0.6 is 0 Å². The van der Waals surface area contributed by atoms with Crippen LogP contribution < -0.4 is 9.47 Å². The number of hydrogen-bond donors (Lipinski definition) is 0. The number of rotatable bonds is 11. The molecule has 2 aromatic carbocycles. The molecule has 0 unspecified atom stereocenters. The Balaban J connectivity index is 1.66. The van der Waals surface area contributed by atoms with E-state index in [0.717, 1.165) is 31.4 Å². The Kier molecular flexibility index (Phi) is 9.60. The smallest absolute Gasteiger partial charge is 0.387 e. The molecule has 0 atom stereocenters. The van der Waals surface area contributed by atoms with E-state index in [1.807, 2.05) is 0 Å². The van der Waals surface area contributed by atoms with Crippen LogP contribution in [0.15, 0.2) is 24.3 Å². The maximum absolute atomic E-state index is 14.9. The third kappa shape index (κ3) is 6.42. The zero-order chi connectivity index (χ0) is 24.7. The summed E-state index contributed by atoms with van der Waals surface area (Å²) >= 11 is 0. The zero-order valence-electron chi connectivity index (χ0n) is 19.8. The summed E-state index contributed by atoms with van der Waals surface area (Å²) < 4.78 is 77.3. The molecule has 0 amide bonds. The number of halogens is 5. The molecule has 1 saturated carbocycles. The Morgan fingerprint density at radius 1 is 0.824 bits per heavy atom. The van der Waals surface area contributed by atoms with Gasteiger partial charge in [0.05, 0.1) is 12.7 Å². The second-order valence-corrected chi connectivity index (χ2v) is 9.18. The molecule has 3 rings (SSSR count). The Hall–Kier alpha value is -2.31. The van der Waals surface area contributed by atoms with Gasteiger partial charge in [0.15, 0.2) is 11.6 Å². The number of methoxy groups -OCH3 is 1. The van der Waals surface area contributed by atoms with E-state index in [2.05, 4.69) is 11.7 Å². The van der Waals surface area contributed by atoms with Crippen molar-refractivity contribution in [2.75, 3.05) is 7.11 Å². The number of unbranched alkanes of at least 4 members (excludes halogenated alkanes) is 2. The van der Waals surface area contributed by atoms with Crippen LogP contribution in [0, 0.1) is 29.3 Å². The molecule has 2 nitrogen and oxygen atoms in total. The van der Waals surface area contributed by atoms with E-state index >= 15 is 0 Å². The van der Waals surface area contributed by atoms with Crippen molar-refractivity contribution in [1.82, 2.24) is 0 Å². The maximum atomic E-state index is 14.9. The van der Waals surface area contributed by atoms with Gasteiger partial charge in [0.2, 0.25) is 17.4 Å². The fraction of sp³-hybridized carbons (Fsp3) is 0.556. The molecule has 0 bridgehead atoms. The number of hydrogen-bond acceptors (Lipinski definition) is 2. The van der Waals surface area contributed by atoms with Crippen molar-refractivity contribution in [3.63, 3.8) is 0 Å². The Bertz CT molecular complexity index is 922. The molecule has 0 aliphatic heterocycles. The van der Waals surface area contributed by atoms with Gasteiger partial charge in [-0.25, -0.2) is 4.39 Å². The van der Waals surface area contributed by atoms with Gasteiger partial charge in [0, 0.05) is 0 Å². The first kappa shape index (κ1) is 26.3. The summed E-state index contributed by atoms with van der Waals surface area (Å²) in [5.74, 6) is -5.46. The van der Waals surface area contributed by atoms with Gasteiger partial charge >= 0.3 is 6.61 Å². The molecule has 2 aromatic rings. The molecule has 0 saturated heterocycles. The summed E-state index contributed by atoms with van der Waals surface area (Å²) in [6.07, 6.45) is 12.3. The van der Waals surface area contributed by atoms with Crippen molar-refractivity contribution in [3.8, 4) is 22.6 Å². The fourth-order valence-electron chi connectivity index (χ4n) is 4.96. The fourth-order valence-corrected chi connectivity index (χ4v) is 4.96. The van der Waals surface area contributed by atoms with Gasteiger partial charge in [-0.1, -0.05) is 82.6 Å². The monoisotopic (exact) mass is 484 g/mol. The van der Waals surface area contributed by atoms with E-state index in [-0.39, 0.29) is 5.56 Å². The molecule has 0 radical (unpaired) electrons. The summed E-state index contributed by atoms with van der Waals surface area (Å²) in [6.45, 7) is -1.27. The van der Waals surface area contributed by atoms with E-state index in [1.165, 1.54) is 51.4 Å². The van der Waals surface area contributed by atoms with Crippen LogP contribution in [0.3, 0.4) is 0 Å². The average Bonchev–Trinajstić information content (AvgIpc) is 2.84.